The first-order valence-corrected chi connectivity index (χ1v) is 9.44. The van der Waals surface area contributed by atoms with Crippen molar-refractivity contribution in [3.05, 3.63) is 88.7 Å². The predicted molar refractivity (Wildman–Crippen MR) is 109 cm³/mol. The summed E-state index contributed by atoms with van der Waals surface area (Å²) in [7, 11) is 0. The Bertz CT molecular complexity index is 1060. The van der Waals surface area contributed by atoms with Gasteiger partial charge in [-0.25, -0.2) is 13.6 Å². The maximum Gasteiger partial charge on any atom is 0.340 e. The Hall–Kier alpha value is -3.48. The Balaban J connectivity index is 1.71. The Morgan fingerprint density at radius 3 is 2.30 bits per heavy atom. The van der Waals surface area contributed by atoms with E-state index >= 15 is 0 Å². The van der Waals surface area contributed by atoms with Crippen molar-refractivity contribution < 1.29 is 23.1 Å². The average Bonchev–Trinajstić information content (AvgIpc) is 2.99. The number of ether oxygens (including phenoxy) is 1. The number of aryl methyl sites for hydroxylation is 1. The molecule has 0 radical (unpaired) electrons. The van der Waals surface area contributed by atoms with E-state index < -0.39 is 35.3 Å². The van der Waals surface area contributed by atoms with E-state index in [2.05, 4.69) is 5.32 Å². The predicted octanol–water partition coefficient (Wildman–Crippen LogP) is 4.62. The maximum atomic E-state index is 13.7. The summed E-state index contributed by atoms with van der Waals surface area (Å²) in [6.45, 7) is 5.61. The van der Waals surface area contributed by atoms with Gasteiger partial charge in [-0.15, -0.1) is 0 Å². The number of carbonyl (C=O) groups is 2. The van der Waals surface area contributed by atoms with E-state index in [1.165, 1.54) is 13.0 Å². The monoisotopic (exact) mass is 412 g/mol. The van der Waals surface area contributed by atoms with Gasteiger partial charge in [0.15, 0.2) is 6.10 Å². The highest BCUT2D eigenvalue weighted by Crippen LogP contribution is 2.20. The maximum absolute atomic E-state index is 13.7. The molecule has 0 aliphatic rings. The van der Waals surface area contributed by atoms with Crippen molar-refractivity contribution in [1.29, 1.82) is 0 Å². The minimum atomic E-state index is -1.24. The zero-order chi connectivity index (χ0) is 21.8. The van der Waals surface area contributed by atoms with E-state index in [9.17, 15) is 18.4 Å². The van der Waals surface area contributed by atoms with Gasteiger partial charge in [0, 0.05) is 17.9 Å². The molecule has 0 aliphatic heterocycles. The van der Waals surface area contributed by atoms with Crippen molar-refractivity contribution in [2.45, 2.75) is 33.4 Å². The number of esters is 1. The zero-order valence-corrected chi connectivity index (χ0v) is 16.9. The molecule has 0 saturated heterocycles. The molecule has 7 heteroatoms. The van der Waals surface area contributed by atoms with Crippen LogP contribution in [0.3, 0.4) is 0 Å². The molecular weight excluding hydrogens is 390 g/mol. The van der Waals surface area contributed by atoms with Crippen LogP contribution in [0.5, 0.6) is 0 Å². The van der Waals surface area contributed by atoms with Crippen molar-refractivity contribution in [1.82, 2.24) is 4.57 Å². The first kappa shape index (κ1) is 21.2. The highest BCUT2D eigenvalue weighted by molar-refractivity contribution is 5.98. The van der Waals surface area contributed by atoms with Crippen LogP contribution in [0.15, 0.2) is 54.6 Å². The Morgan fingerprint density at radius 1 is 1.03 bits per heavy atom. The van der Waals surface area contributed by atoms with E-state index in [-0.39, 0.29) is 0 Å². The molecule has 5 nitrogen and oxygen atoms in total. The second-order valence-corrected chi connectivity index (χ2v) is 6.99. The van der Waals surface area contributed by atoms with Gasteiger partial charge in [0.2, 0.25) is 0 Å². The van der Waals surface area contributed by atoms with Gasteiger partial charge in [-0.3, -0.25) is 4.79 Å². The van der Waals surface area contributed by atoms with Crippen molar-refractivity contribution in [2.75, 3.05) is 5.32 Å². The smallest absolute Gasteiger partial charge is 0.340 e. The normalized spacial score (nSPS) is 11.8. The number of hydrogen-bond acceptors (Lipinski definition) is 3. The van der Waals surface area contributed by atoms with Crippen LogP contribution in [0.2, 0.25) is 0 Å². The van der Waals surface area contributed by atoms with Crippen LogP contribution in [0.1, 0.15) is 34.2 Å². The fourth-order valence-electron chi connectivity index (χ4n) is 3.14. The molecule has 1 aromatic heterocycles. The lowest BCUT2D eigenvalue weighted by molar-refractivity contribution is -0.123. The molecule has 30 heavy (non-hydrogen) atoms. The van der Waals surface area contributed by atoms with E-state index in [0.29, 0.717) is 17.8 Å². The SMILES string of the molecule is Cc1cc(C(=O)O[C@H](C)C(=O)Nc2c(F)cccc2F)c(C)n1Cc1ccccc1. The van der Waals surface area contributed by atoms with Gasteiger partial charge in [-0.1, -0.05) is 36.4 Å². The molecular formula is C23H22F2N2O3. The number of nitrogens with one attached hydrogen (secondary N) is 1. The first-order valence-electron chi connectivity index (χ1n) is 9.44. The van der Waals surface area contributed by atoms with Gasteiger partial charge in [0.1, 0.15) is 17.3 Å². The van der Waals surface area contributed by atoms with E-state index in [1.807, 2.05) is 41.8 Å². The molecule has 0 aliphatic carbocycles. The number of halogens is 2. The molecule has 1 heterocycles. The zero-order valence-electron chi connectivity index (χ0n) is 16.9. The van der Waals surface area contributed by atoms with Crippen LogP contribution in [-0.4, -0.2) is 22.5 Å². The van der Waals surface area contributed by atoms with Crippen LogP contribution in [0.25, 0.3) is 0 Å². The summed E-state index contributed by atoms with van der Waals surface area (Å²) in [6.07, 6.45) is -1.24. The van der Waals surface area contributed by atoms with Gasteiger partial charge in [-0.05, 0) is 44.5 Å². The molecule has 1 amide bonds. The molecule has 2 aromatic carbocycles. The third-order valence-electron chi connectivity index (χ3n) is 4.84. The van der Waals surface area contributed by atoms with Crippen LogP contribution in [-0.2, 0) is 16.1 Å². The summed E-state index contributed by atoms with van der Waals surface area (Å²) < 4.78 is 34.6. The minimum Gasteiger partial charge on any atom is -0.449 e. The van der Waals surface area contributed by atoms with E-state index in [0.717, 1.165) is 23.4 Å². The summed E-state index contributed by atoms with van der Waals surface area (Å²) in [5.41, 5.74) is 2.41. The third-order valence-corrected chi connectivity index (χ3v) is 4.84. The molecule has 1 atom stereocenters. The van der Waals surface area contributed by atoms with Crippen molar-refractivity contribution in [3.63, 3.8) is 0 Å². The van der Waals surface area contributed by atoms with Crippen LogP contribution < -0.4 is 5.32 Å². The van der Waals surface area contributed by atoms with E-state index in [4.69, 9.17) is 4.74 Å². The summed E-state index contributed by atoms with van der Waals surface area (Å²) in [5, 5.41) is 2.13. The molecule has 156 valence electrons. The number of nitrogens with zero attached hydrogens (tertiary/aromatic N) is 1. The Morgan fingerprint density at radius 2 is 1.67 bits per heavy atom. The molecule has 0 saturated carbocycles. The highest BCUT2D eigenvalue weighted by Gasteiger charge is 2.24. The molecule has 0 fully saturated rings. The summed E-state index contributed by atoms with van der Waals surface area (Å²) in [6, 6.07) is 14.7. The lowest BCUT2D eigenvalue weighted by atomic mass is 10.2. The average molecular weight is 412 g/mol. The number of amides is 1. The summed E-state index contributed by atoms with van der Waals surface area (Å²) >= 11 is 0. The first-order chi connectivity index (χ1) is 14.3. The van der Waals surface area contributed by atoms with Crippen LogP contribution in [0.4, 0.5) is 14.5 Å². The largest absolute Gasteiger partial charge is 0.449 e. The van der Waals surface area contributed by atoms with Gasteiger partial charge in [0.05, 0.1) is 5.56 Å². The standard InChI is InChI=1S/C23H22F2N2O3/c1-14-12-18(15(2)27(14)13-17-8-5-4-6-9-17)23(29)30-16(3)22(28)26-21-19(24)10-7-11-20(21)25/h4-12,16H,13H2,1-3H3,(H,26,28)/t16-/m1/s1. The number of para-hydroxylation sites is 1. The van der Waals surface area contributed by atoms with Gasteiger partial charge >= 0.3 is 5.97 Å². The van der Waals surface area contributed by atoms with Crippen molar-refractivity contribution in [3.8, 4) is 0 Å². The quantitative estimate of drug-likeness (QED) is 0.601. The number of carbonyl (C=O) groups excluding carboxylic acids is 2. The van der Waals surface area contributed by atoms with Gasteiger partial charge in [0.25, 0.3) is 5.91 Å². The molecule has 3 aromatic rings. The third kappa shape index (κ3) is 4.56. The number of rotatable bonds is 6. The lowest BCUT2D eigenvalue weighted by Gasteiger charge is -2.14. The minimum absolute atomic E-state index is 0.333. The molecule has 0 spiro atoms. The summed E-state index contributed by atoms with van der Waals surface area (Å²) in [5.74, 6) is -3.33. The Labute approximate surface area is 173 Å². The van der Waals surface area contributed by atoms with Crippen LogP contribution >= 0.6 is 0 Å². The van der Waals surface area contributed by atoms with Crippen molar-refractivity contribution >= 4 is 17.6 Å². The fraction of sp³-hybridized carbons (Fsp3) is 0.217. The number of benzene rings is 2. The van der Waals surface area contributed by atoms with Gasteiger partial charge in [-0.2, -0.15) is 0 Å². The van der Waals surface area contributed by atoms with E-state index in [1.54, 1.807) is 13.0 Å². The van der Waals surface area contributed by atoms with Crippen molar-refractivity contribution in [2.24, 2.45) is 0 Å². The van der Waals surface area contributed by atoms with Gasteiger partial charge < -0.3 is 14.6 Å². The Kier molecular flexibility index (Phi) is 6.30. The fourth-order valence-corrected chi connectivity index (χ4v) is 3.14. The lowest BCUT2D eigenvalue weighted by Crippen LogP contribution is -2.30. The molecule has 0 unspecified atom stereocenters. The highest BCUT2D eigenvalue weighted by atomic mass is 19.1. The summed E-state index contributed by atoms with van der Waals surface area (Å²) in [4.78, 5) is 24.9. The second-order valence-electron chi connectivity index (χ2n) is 6.99. The molecule has 0 bridgehead atoms. The number of anilines is 1. The topological polar surface area (TPSA) is 60.3 Å². The second kappa shape index (κ2) is 8.90. The molecule has 3 rings (SSSR count). The number of aromatic nitrogens is 1. The van der Waals surface area contributed by atoms with Crippen LogP contribution in [0, 0.1) is 25.5 Å². The number of hydrogen-bond donors (Lipinski definition) is 1. The molecule has 1 N–H and O–H groups in total.